The number of halogens is 1. The zero-order chi connectivity index (χ0) is 13.8. The maximum atomic E-state index is 5.87. The van der Waals surface area contributed by atoms with E-state index in [1.165, 1.54) is 6.33 Å². The lowest BCUT2D eigenvalue weighted by molar-refractivity contribution is 0.279. The van der Waals surface area contributed by atoms with Crippen LogP contribution in [-0.2, 0) is 12.5 Å². The summed E-state index contributed by atoms with van der Waals surface area (Å²) in [6, 6.07) is 4.04. The Labute approximate surface area is 117 Å². The molecule has 0 saturated carbocycles. The molecule has 0 saturated heterocycles. The highest BCUT2D eigenvalue weighted by Gasteiger charge is 2.10. The van der Waals surface area contributed by atoms with Crippen molar-refractivity contribution in [1.82, 2.24) is 19.7 Å². The van der Waals surface area contributed by atoms with E-state index < -0.39 is 0 Å². The highest BCUT2D eigenvalue weighted by molar-refractivity contribution is 6.17. The van der Waals surface area contributed by atoms with Gasteiger partial charge in [-0.1, -0.05) is 0 Å². The number of aromatic nitrogens is 4. The molecule has 0 N–H and O–H groups in total. The molecular formula is C13H17ClN4O. The van der Waals surface area contributed by atoms with Gasteiger partial charge in [0.25, 0.3) is 0 Å². The number of aryl methyl sites for hydroxylation is 1. The van der Waals surface area contributed by atoms with E-state index in [1.807, 2.05) is 23.7 Å². The van der Waals surface area contributed by atoms with Crippen LogP contribution in [-0.4, -0.2) is 19.7 Å². The number of ether oxygens (including phenoxy) is 1. The van der Waals surface area contributed by atoms with Crippen LogP contribution < -0.4 is 4.74 Å². The van der Waals surface area contributed by atoms with Crippen LogP contribution in [0.1, 0.15) is 37.1 Å². The third-order valence-corrected chi connectivity index (χ3v) is 2.94. The fraction of sp³-hybridized carbons (Fsp3) is 0.462. The molecule has 0 amide bonds. The maximum Gasteiger partial charge on any atom is 0.165 e. The van der Waals surface area contributed by atoms with Gasteiger partial charge in [-0.15, -0.1) is 11.6 Å². The van der Waals surface area contributed by atoms with Crippen molar-refractivity contribution < 1.29 is 4.74 Å². The molecular weight excluding hydrogens is 264 g/mol. The molecule has 0 bridgehead atoms. The van der Waals surface area contributed by atoms with Crippen LogP contribution in [0.5, 0.6) is 5.75 Å². The Morgan fingerprint density at radius 3 is 2.84 bits per heavy atom. The van der Waals surface area contributed by atoms with E-state index in [9.17, 15) is 0 Å². The lowest BCUT2D eigenvalue weighted by atomic mass is 10.3. The predicted octanol–water partition coefficient (Wildman–Crippen LogP) is 2.88. The van der Waals surface area contributed by atoms with E-state index >= 15 is 0 Å². The first kappa shape index (κ1) is 13.8. The molecule has 0 unspecified atom stereocenters. The summed E-state index contributed by atoms with van der Waals surface area (Å²) < 4.78 is 7.58. The topological polar surface area (TPSA) is 52.8 Å². The Morgan fingerprint density at radius 2 is 2.16 bits per heavy atom. The number of hydrogen-bond acceptors (Lipinski definition) is 4. The normalized spacial score (nSPS) is 11.0. The van der Waals surface area contributed by atoms with Gasteiger partial charge in [0.1, 0.15) is 18.7 Å². The van der Waals surface area contributed by atoms with E-state index in [1.54, 1.807) is 0 Å². The smallest absolute Gasteiger partial charge is 0.165 e. The Bertz CT molecular complexity index is 553. The van der Waals surface area contributed by atoms with E-state index in [-0.39, 0.29) is 6.04 Å². The molecule has 2 aromatic rings. The molecule has 0 aliphatic carbocycles. The zero-order valence-corrected chi connectivity index (χ0v) is 12.1. The average molecular weight is 281 g/mol. The monoisotopic (exact) mass is 280 g/mol. The van der Waals surface area contributed by atoms with Crippen LogP contribution in [0, 0.1) is 6.92 Å². The minimum Gasteiger partial charge on any atom is -0.484 e. The van der Waals surface area contributed by atoms with Crippen molar-refractivity contribution in [1.29, 1.82) is 0 Å². The number of pyridine rings is 1. The van der Waals surface area contributed by atoms with Crippen LogP contribution in [0.15, 0.2) is 18.5 Å². The van der Waals surface area contributed by atoms with Crippen LogP contribution >= 0.6 is 11.6 Å². The second-order valence-electron chi connectivity index (χ2n) is 4.53. The maximum absolute atomic E-state index is 5.87. The summed E-state index contributed by atoms with van der Waals surface area (Å²) in [7, 11) is 0. The summed E-state index contributed by atoms with van der Waals surface area (Å²) in [5.74, 6) is 1.81. The van der Waals surface area contributed by atoms with Crippen molar-refractivity contribution in [3.8, 4) is 5.75 Å². The van der Waals surface area contributed by atoms with Crippen LogP contribution in [0.2, 0.25) is 0 Å². The van der Waals surface area contributed by atoms with Gasteiger partial charge in [-0.2, -0.15) is 5.10 Å². The first-order chi connectivity index (χ1) is 9.11. The Balaban J connectivity index is 2.12. The first-order valence-corrected chi connectivity index (χ1v) is 6.69. The highest BCUT2D eigenvalue weighted by Crippen LogP contribution is 2.20. The predicted molar refractivity (Wildman–Crippen MR) is 73.3 cm³/mol. The van der Waals surface area contributed by atoms with Gasteiger partial charge in [0, 0.05) is 11.7 Å². The molecule has 0 aromatic carbocycles. The molecule has 5 nitrogen and oxygen atoms in total. The SMILES string of the molecule is Cc1ccc(OCc2ncnn2C(C)C)c(CCl)n1. The van der Waals surface area contributed by atoms with Crippen LogP contribution in [0.4, 0.5) is 0 Å². The molecule has 2 rings (SSSR count). The Hall–Kier alpha value is -1.62. The van der Waals surface area contributed by atoms with Crippen molar-refractivity contribution >= 4 is 11.6 Å². The van der Waals surface area contributed by atoms with E-state index in [0.29, 0.717) is 18.2 Å². The molecule has 19 heavy (non-hydrogen) atoms. The van der Waals surface area contributed by atoms with Gasteiger partial charge in [0.05, 0.1) is 11.6 Å². The minimum absolute atomic E-state index is 0.254. The standard InChI is InChI=1S/C13H17ClN4O/c1-9(2)18-13(15-8-16-18)7-19-12-5-4-10(3)17-11(12)6-14/h4-5,8-9H,6-7H2,1-3H3. The lowest BCUT2D eigenvalue weighted by Crippen LogP contribution is -2.11. The van der Waals surface area contributed by atoms with Crippen molar-refractivity contribution in [2.75, 3.05) is 0 Å². The number of hydrogen-bond donors (Lipinski definition) is 0. The molecule has 0 fully saturated rings. The number of nitrogens with zero attached hydrogens (tertiary/aromatic N) is 4. The molecule has 0 atom stereocenters. The number of alkyl halides is 1. The highest BCUT2D eigenvalue weighted by atomic mass is 35.5. The molecule has 2 aromatic heterocycles. The van der Waals surface area contributed by atoms with Crippen molar-refractivity contribution in [2.45, 2.75) is 39.3 Å². The zero-order valence-electron chi connectivity index (χ0n) is 11.3. The molecule has 0 aliphatic rings. The van der Waals surface area contributed by atoms with Gasteiger partial charge in [-0.3, -0.25) is 4.98 Å². The largest absolute Gasteiger partial charge is 0.484 e. The Morgan fingerprint density at radius 1 is 1.37 bits per heavy atom. The van der Waals surface area contributed by atoms with Crippen LogP contribution in [0.3, 0.4) is 0 Å². The molecule has 102 valence electrons. The van der Waals surface area contributed by atoms with E-state index in [4.69, 9.17) is 16.3 Å². The lowest BCUT2D eigenvalue weighted by Gasteiger charge is -2.12. The van der Waals surface area contributed by atoms with Gasteiger partial charge in [-0.05, 0) is 32.9 Å². The summed E-state index contributed by atoms with van der Waals surface area (Å²) in [6.45, 7) is 6.38. The van der Waals surface area contributed by atoms with E-state index in [0.717, 1.165) is 17.2 Å². The molecule has 2 heterocycles. The summed E-state index contributed by atoms with van der Waals surface area (Å²) in [6.07, 6.45) is 1.54. The summed E-state index contributed by atoms with van der Waals surface area (Å²) in [4.78, 5) is 8.55. The van der Waals surface area contributed by atoms with E-state index in [2.05, 4.69) is 28.9 Å². The summed E-state index contributed by atoms with van der Waals surface area (Å²) in [5.41, 5.74) is 1.67. The van der Waals surface area contributed by atoms with Gasteiger partial charge in [-0.25, -0.2) is 9.67 Å². The molecule has 0 spiro atoms. The summed E-state index contributed by atoms with van der Waals surface area (Å²) in [5, 5.41) is 4.17. The third kappa shape index (κ3) is 3.23. The molecule has 0 aliphatic heterocycles. The fourth-order valence-electron chi connectivity index (χ4n) is 1.78. The second-order valence-corrected chi connectivity index (χ2v) is 4.80. The van der Waals surface area contributed by atoms with Gasteiger partial charge >= 0.3 is 0 Å². The van der Waals surface area contributed by atoms with Crippen molar-refractivity contribution in [2.24, 2.45) is 0 Å². The summed E-state index contributed by atoms with van der Waals surface area (Å²) >= 11 is 5.87. The van der Waals surface area contributed by atoms with Gasteiger partial charge in [0.2, 0.25) is 0 Å². The van der Waals surface area contributed by atoms with Crippen LogP contribution in [0.25, 0.3) is 0 Å². The quantitative estimate of drug-likeness (QED) is 0.790. The number of rotatable bonds is 5. The first-order valence-electron chi connectivity index (χ1n) is 6.15. The Kier molecular flexibility index (Phi) is 4.37. The van der Waals surface area contributed by atoms with Gasteiger partial charge in [0.15, 0.2) is 5.82 Å². The molecule has 0 radical (unpaired) electrons. The minimum atomic E-state index is 0.254. The fourth-order valence-corrected chi connectivity index (χ4v) is 1.97. The van der Waals surface area contributed by atoms with Crippen molar-refractivity contribution in [3.63, 3.8) is 0 Å². The van der Waals surface area contributed by atoms with Crippen molar-refractivity contribution in [3.05, 3.63) is 35.7 Å². The van der Waals surface area contributed by atoms with Gasteiger partial charge < -0.3 is 4.74 Å². The third-order valence-electron chi connectivity index (χ3n) is 2.69. The average Bonchev–Trinajstić information content (AvgIpc) is 2.85. The second kappa shape index (κ2) is 6.02. The molecule has 6 heteroatoms.